The topological polar surface area (TPSA) is 40.3 Å². The highest BCUT2D eigenvalue weighted by atomic mass is 19.4. The lowest BCUT2D eigenvalue weighted by atomic mass is 10.1. The number of hydrogen-bond donors (Lipinski definition) is 2. The number of likely N-dealkylation sites (tertiary alicyclic amines) is 1. The van der Waals surface area contributed by atoms with Crippen molar-refractivity contribution in [3.8, 4) is 5.75 Å². The SMILES string of the molecule is FC(F)(F)Oc1cccc(CNCC2C3CN(Cc4c[nH]c5ccccc45)CC23)c1. The zero-order chi connectivity index (χ0) is 20.7. The number of para-hydroxylation sites is 1. The molecule has 2 unspecified atom stereocenters. The lowest BCUT2D eigenvalue weighted by molar-refractivity contribution is -0.274. The maximum Gasteiger partial charge on any atom is 0.573 e. The standard InChI is InChI=1S/C23H24F3N3O/c24-23(25,26)30-17-5-3-4-15(8-17)9-27-11-19-20-13-29(14-21(19)20)12-16-10-28-22-7-2-1-6-18(16)22/h1-8,10,19-21,27-28H,9,11-14H2. The lowest BCUT2D eigenvalue weighted by Crippen LogP contribution is -2.27. The Kier molecular flexibility index (Phi) is 4.95. The van der Waals surface area contributed by atoms with E-state index in [4.69, 9.17) is 0 Å². The van der Waals surface area contributed by atoms with Crippen molar-refractivity contribution in [1.82, 2.24) is 15.2 Å². The van der Waals surface area contributed by atoms with E-state index in [1.165, 1.54) is 28.6 Å². The first-order valence-electron chi connectivity index (χ1n) is 10.3. The number of ether oxygens (including phenoxy) is 1. The summed E-state index contributed by atoms with van der Waals surface area (Å²) in [6.07, 6.45) is -2.54. The number of aromatic nitrogens is 1. The van der Waals surface area contributed by atoms with Crippen LogP contribution < -0.4 is 10.1 Å². The molecule has 2 heterocycles. The normalized spacial score (nSPS) is 23.6. The van der Waals surface area contributed by atoms with Crippen molar-refractivity contribution < 1.29 is 17.9 Å². The summed E-state index contributed by atoms with van der Waals surface area (Å²) in [5.41, 5.74) is 3.33. The van der Waals surface area contributed by atoms with Crippen molar-refractivity contribution in [2.75, 3.05) is 19.6 Å². The van der Waals surface area contributed by atoms with Crippen molar-refractivity contribution in [3.05, 3.63) is 65.9 Å². The second kappa shape index (κ2) is 7.63. The number of hydrogen-bond acceptors (Lipinski definition) is 3. The zero-order valence-electron chi connectivity index (χ0n) is 16.5. The molecule has 30 heavy (non-hydrogen) atoms. The number of rotatable bonds is 7. The van der Waals surface area contributed by atoms with Crippen molar-refractivity contribution in [1.29, 1.82) is 0 Å². The molecule has 5 rings (SSSR count). The predicted octanol–water partition coefficient (Wildman–Crippen LogP) is 4.53. The number of nitrogens with zero attached hydrogens (tertiary/aromatic N) is 1. The molecule has 1 aliphatic heterocycles. The second-order valence-electron chi connectivity index (χ2n) is 8.37. The molecular weight excluding hydrogens is 391 g/mol. The van der Waals surface area contributed by atoms with Crippen molar-refractivity contribution in [2.24, 2.45) is 17.8 Å². The van der Waals surface area contributed by atoms with E-state index in [1.807, 2.05) is 12.1 Å². The number of H-pyrrole nitrogens is 1. The van der Waals surface area contributed by atoms with Gasteiger partial charge in [0.05, 0.1) is 0 Å². The number of halogens is 3. The minimum Gasteiger partial charge on any atom is -0.406 e. The van der Waals surface area contributed by atoms with Crippen LogP contribution in [-0.2, 0) is 13.1 Å². The highest BCUT2D eigenvalue weighted by Gasteiger charge is 2.54. The molecule has 2 aliphatic rings. The average molecular weight is 415 g/mol. The van der Waals surface area contributed by atoms with Crippen LogP contribution in [-0.4, -0.2) is 35.9 Å². The molecule has 1 saturated heterocycles. The lowest BCUT2D eigenvalue weighted by Gasteiger charge is -2.19. The third-order valence-corrected chi connectivity index (χ3v) is 6.36. The molecule has 0 amide bonds. The Morgan fingerprint density at radius 3 is 2.67 bits per heavy atom. The van der Waals surface area contributed by atoms with Gasteiger partial charge in [-0.15, -0.1) is 13.2 Å². The summed E-state index contributed by atoms with van der Waals surface area (Å²) in [6.45, 7) is 4.66. The summed E-state index contributed by atoms with van der Waals surface area (Å²) < 4.78 is 41.1. The van der Waals surface area contributed by atoms with E-state index in [-0.39, 0.29) is 5.75 Å². The Morgan fingerprint density at radius 2 is 1.87 bits per heavy atom. The number of benzene rings is 2. The summed E-state index contributed by atoms with van der Waals surface area (Å²) in [7, 11) is 0. The molecule has 2 N–H and O–H groups in total. The van der Waals surface area contributed by atoms with Gasteiger partial charge in [0.1, 0.15) is 5.75 Å². The first-order valence-corrected chi connectivity index (χ1v) is 10.3. The van der Waals surface area contributed by atoms with Crippen molar-refractivity contribution in [3.63, 3.8) is 0 Å². The van der Waals surface area contributed by atoms with Gasteiger partial charge in [-0.05, 0) is 53.6 Å². The molecule has 2 aromatic carbocycles. The first-order chi connectivity index (χ1) is 14.5. The fourth-order valence-corrected chi connectivity index (χ4v) is 4.91. The molecule has 2 fully saturated rings. The van der Waals surface area contributed by atoms with E-state index in [2.05, 4.69) is 44.3 Å². The molecule has 0 radical (unpaired) electrons. The van der Waals surface area contributed by atoms with Crippen LogP contribution >= 0.6 is 0 Å². The maximum atomic E-state index is 12.4. The van der Waals surface area contributed by atoms with E-state index in [9.17, 15) is 13.2 Å². The van der Waals surface area contributed by atoms with Gasteiger partial charge in [0.25, 0.3) is 0 Å². The van der Waals surface area contributed by atoms with E-state index in [1.54, 1.807) is 6.07 Å². The summed E-state index contributed by atoms with van der Waals surface area (Å²) in [5.74, 6) is 1.95. The van der Waals surface area contributed by atoms with Gasteiger partial charge in [0.2, 0.25) is 0 Å². The van der Waals surface area contributed by atoms with Crippen molar-refractivity contribution in [2.45, 2.75) is 19.5 Å². The fraction of sp³-hybridized carbons (Fsp3) is 0.391. The highest BCUT2D eigenvalue weighted by molar-refractivity contribution is 5.82. The second-order valence-corrected chi connectivity index (χ2v) is 8.37. The van der Waals surface area contributed by atoms with Gasteiger partial charge in [0, 0.05) is 43.3 Å². The van der Waals surface area contributed by atoms with Gasteiger partial charge in [-0.2, -0.15) is 0 Å². The van der Waals surface area contributed by atoms with Gasteiger partial charge in [-0.1, -0.05) is 30.3 Å². The number of fused-ring (bicyclic) bond motifs is 2. The molecule has 7 heteroatoms. The molecule has 0 bridgehead atoms. The molecule has 1 aromatic heterocycles. The molecule has 1 saturated carbocycles. The molecule has 0 spiro atoms. The predicted molar refractivity (Wildman–Crippen MR) is 109 cm³/mol. The number of aromatic amines is 1. The maximum absolute atomic E-state index is 12.4. The summed E-state index contributed by atoms with van der Waals surface area (Å²) in [6, 6.07) is 14.6. The molecule has 158 valence electrons. The number of nitrogens with one attached hydrogen (secondary N) is 2. The highest BCUT2D eigenvalue weighted by Crippen LogP contribution is 2.51. The molecular formula is C23H24F3N3O. The monoisotopic (exact) mass is 415 g/mol. The van der Waals surface area contributed by atoms with E-state index in [0.717, 1.165) is 43.6 Å². The van der Waals surface area contributed by atoms with Crippen LogP contribution in [0.25, 0.3) is 10.9 Å². The van der Waals surface area contributed by atoms with Crippen LogP contribution in [0.5, 0.6) is 5.75 Å². The third kappa shape index (κ3) is 4.18. The van der Waals surface area contributed by atoms with Crippen LogP contribution in [0.4, 0.5) is 13.2 Å². The summed E-state index contributed by atoms with van der Waals surface area (Å²) >= 11 is 0. The van der Waals surface area contributed by atoms with Gasteiger partial charge < -0.3 is 15.0 Å². The Bertz CT molecular complexity index is 1020. The van der Waals surface area contributed by atoms with Crippen LogP contribution in [0.3, 0.4) is 0 Å². The van der Waals surface area contributed by atoms with Crippen LogP contribution in [0.2, 0.25) is 0 Å². The Morgan fingerprint density at radius 1 is 1.07 bits per heavy atom. The molecule has 3 aromatic rings. The van der Waals surface area contributed by atoms with Crippen LogP contribution in [0, 0.1) is 17.8 Å². The quantitative estimate of drug-likeness (QED) is 0.596. The summed E-state index contributed by atoms with van der Waals surface area (Å²) in [5, 5.41) is 4.71. The van der Waals surface area contributed by atoms with Gasteiger partial charge in [-0.3, -0.25) is 4.90 Å². The average Bonchev–Trinajstić information content (AvgIpc) is 3.04. The number of piperidine rings is 1. The largest absolute Gasteiger partial charge is 0.573 e. The fourth-order valence-electron chi connectivity index (χ4n) is 4.91. The first kappa shape index (κ1) is 19.5. The summed E-state index contributed by atoms with van der Waals surface area (Å²) in [4.78, 5) is 5.87. The molecule has 2 atom stereocenters. The van der Waals surface area contributed by atoms with Gasteiger partial charge in [-0.25, -0.2) is 0 Å². The van der Waals surface area contributed by atoms with E-state index in [0.29, 0.717) is 12.5 Å². The Hall–Kier alpha value is -2.51. The smallest absolute Gasteiger partial charge is 0.406 e. The van der Waals surface area contributed by atoms with E-state index < -0.39 is 6.36 Å². The zero-order valence-corrected chi connectivity index (χ0v) is 16.5. The van der Waals surface area contributed by atoms with Gasteiger partial charge in [0.15, 0.2) is 0 Å². The Balaban J connectivity index is 1.07. The number of alkyl halides is 3. The third-order valence-electron chi connectivity index (χ3n) is 6.36. The molecule has 4 nitrogen and oxygen atoms in total. The minimum absolute atomic E-state index is 0.169. The Labute approximate surface area is 173 Å². The molecule has 1 aliphatic carbocycles. The van der Waals surface area contributed by atoms with Gasteiger partial charge >= 0.3 is 6.36 Å². The van der Waals surface area contributed by atoms with E-state index >= 15 is 0 Å². The van der Waals surface area contributed by atoms with Crippen LogP contribution in [0.1, 0.15) is 11.1 Å². The van der Waals surface area contributed by atoms with Crippen molar-refractivity contribution >= 4 is 10.9 Å². The van der Waals surface area contributed by atoms with Crippen LogP contribution in [0.15, 0.2) is 54.7 Å². The minimum atomic E-state index is -4.66.